The summed E-state index contributed by atoms with van der Waals surface area (Å²) >= 11 is 0. The van der Waals surface area contributed by atoms with Crippen molar-refractivity contribution in [2.45, 2.75) is 39.3 Å². The Morgan fingerprint density at radius 3 is 2.59 bits per heavy atom. The summed E-state index contributed by atoms with van der Waals surface area (Å²) < 4.78 is 18.6. The molecule has 1 aliphatic rings. The van der Waals surface area contributed by atoms with Gasteiger partial charge in [0, 0.05) is 6.20 Å². The Labute approximate surface area is 129 Å². The van der Waals surface area contributed by atoms with E-state index < -0.39 is 23.5 Å². The van der Waals surface area contributed by atoms with E-state index in [0.717, 1.165) is 0 Å². The second-order valence-corrected chi connectivity index (χ2v) is 6.39. The Morgan fingerprint density at radius 1 is 1.32 bits per heavy atom. The van der Waals surface area contributed by atoms with Crippen molar-refractivity contribution >= 4 is 11.8 Å². The monoisotopic (exact) mass is 305 g/mol. The number of carbonyl (C=O) groups is 2. The molecule has 0 radical (unpaired) electrons. The first-order chi connectivity index (χ1) is 10.2. The summed E-state index contributed by atoms with van der Waals surface area (Å²) in [6, 6.07) is 3.73. The number of halogens is 1. The van der Waals surface area contributed by atoms with Crippen molar-refractivity contribution in [2.24, 2.45) is 5.92 Å². The first-order valence-electron chi connectivity index (χ1n) is 7.14. The van der Waals surface area contributed by atoms with Crippen molar-refractivity contribution in [3.63, 3.8) is 0 Å². The van der Waals surface area contributed by atoms with Crippen LogP contribution < -0.4 is 5.32 Å². The molecule has 5 heteroatoms. The van der Waals surface area contributed by atoms with E-state index in [1.165, 1.54) is 24.4 Å². The highest BCUT2D eigenvalue weighted by Crippen LogP contribution is 2.30. The van der Waals surface area contributed by atoms with Gasteiger partial charge in [-0.15, -0.1) is 0 Å². The van der Waals surface area contributed by atoms with Gasteiger partial charge in [0.2, 0.25) is 0 Å². The molecule has 1 heterocycles. The second kappa shape index (κ2) is 5.91. The number of benzene rings is 1. The average molecular weight is 305 g/mol. The molecule has 118 valence electrons. The summed E-state index contributed by atoms with van der Waals surface area (Å²) in [5, 5.41) is 3.02. The molecular weight excluding hydrogens is 285 g/mol. The quantitative estimate of drug-likeness (QED) is 0.674. The molecule has 0 fully saturated rings. The molecule has 0 saturated heterocycles. The highest BCUT2D eigenvalue weighted by Gasteiger charge is 2.39. The molecule has 1 N–H and O–H groups in total. The van der Waals surface area contributed by atoms with E-state index in [-0.39, 0.29) is 11.6 Å². The summed E-state index contributed by atoms with van der Waals surface area (Å²) in [6.45, 7) is 6.99. The lowest BCUT2D eigenvalue weighted by Gasteiger charge is -2.31. The van der Waals surface area contributed by atoms with Crippen LogP contribution in [0.5, 0.6) is 0 Å². The Balaban J connectivity index is 2.37. The number of ether oxygens (including phenoxy) is 1. The summed E-state index contributed by atoms with van der Waals surface area (Å²) in [5.74, 6) is -2.23. The smallest absolute Gasteiger partial charge is 0.319 e. The van der Waals surface area contributed by atoms with Crippen LogP contribution in [0.15, 0.2) is 30.5 Å². The van der Waals surface area contributed by atoms with E-state index in [2.05, 4.69) is 5.32 Å². The number of ketones is 1. The van der Waals surface area contributed by atoms with Gasteiger partial charge in [-0.05, 0) is 57.0 Å². The Bertz CT molecular complexity index is 631. The van der Waals surface area contributed by atoms with Gasteiger partial charge in [-0.1, -0.05) is 6.07 Å². The van der Waals surface area contributed by atoms with Crippen LogP contribution in [-0.2, 0) is 14.3 Å². The third-order valence-electron chi connectivity index (χ3n) is 3.39. The van der Waals surface area contributed by atoms with Crippen molar-refractivity contribution in [3.8, 4) is 0 Å². The molecule has 2 unspecified atom stereocenters. The van der Waals surface area contributed by atoms with Gasteiger partial charge >= 0.3 is 5.97 Å². The SMILES string of the molecule is Cc1cc(F)ccc1C1NC=CC(=O)C1C(=O)OC(C)(C)C. The van der Waals surface area contributed by atoms with Crippen molar-refractivity contribution in [3.05, 3.63) is 47.4 Å². The number of hydrogen-bond donors (Lipinski definition) is 1. The number of esters is 1. The lowest BCUT2D eigenvalue weighted by Crippen LogP contribution is -2.42. The molecule has 4 nitrogen and oxygen atoms in total. The van der Waals surface area contributed by atoms with E-state index >= 15 is 0 Å². The van der Waals surface area contributed by atoms with Gasteiger partial charge in [0.1, 0.15) is 17.3 Å². The molecule has 1 aromatic rings. The summed E-state index contributed by atoms with van der Waals surface area (Å²) in [7, 11) is 0. The second-order valence-electron chi connectivity index (χ2n) is 6.39. The zero-order valence-electron chi connectivity index (χ0n) is 13.1. The molecule has 1 aromatic carbocycles. The predicted octanol–water partition coefficient (Wildman–Crippen LogP) is 2.82. The number of rotatable bonds is 2. The predicted molar refractivity (Wildman–Crippen MR) is 80.5 cm³/mol. The summed E-state index contributed by atoms with van der Waals surface area (Å²) in [6.07, 6.45) is 2.83. The van der Waals surface area contributed by atoms with Gasteiger partial charge in [0.25, 0.3) is 0 Å². The zero-order valence-corrected chi connectivity index (χ0v) is 13.1. The molecule has 2 rings (SSSR count). The minimum absolute atomic E-state index is 0.318. The highest BCUT2D eigenvalue weighted by molar-refractivity contribution is 6.06. The third kappa shape index (κ3) is 3.53. The molecule has 0 aliphatic carbocycles. The van der Waals surface area contributed by atoms with Gasteiger partial charge in [-0.25, -0.2) is 4.39 Å². The maximum Gasteiger partial charge on any atom is 0.319 e. The van der Waals surface area contributed by atoms with E-state index in [9.17, 15) is 14.0 Å². The molecule has 1 aliphatic heterocycles. The molecule has 22 heavy (non-hydrogen) atoms. The fraction of sp³-hybridized carbons (Fsp3) is 0.412. The van der Waals surface area contributed by atoms with Crippen LogP contribution >= 0.6 is 0 Å². The maximum absolute atomic E-state index is 13.3. The van der Waals surface area contributed by atoms with Crippen molar-refractivity contribution in [1.82, 2.24) is 5.32 Å². The first kappa shape index (κ1) is 16.2. The zero-order chi connectivity index (χ0) is 16.5. The van der Waals surface area contributed by atoms with E-state index in [1.54, 1.807) is 33.8 Å². The minimum atomic E-state index is -0.978. The molecule has 0 amide bonds. The summed E-state index contributed by atoms with van der Waals surface area (Å²) in [5.41, 5.74) is 0.699. The molecule has 0 spiro atoms. The molecule has 0 aromatic heterocycles. The molecule has 0 saturated carbocycles. The largest absolute Gasteiger partial charge is 0.459 e. The maximum atomic E-state index is 13.3. The van der Waals surface area contributed by atoms with Crippen molar-refractivity contribution in [2.75, 3.05) is 0 Å². The topological polar surface area (TPSA) is 55.4 Å². The van der Waals surface area contributed by atoms with Crippen molar-refractivity contribution < 1.29 is 18.7 Å². The number of carbonyl (C=O) groups excluding carboxylic acids is 2. The van der Waals surface area contributed by atoms with Crippen LogP contribution in [-0.4, -0.2) is 17.4 Å². The van der Waals surface area contributed by atoms with E-state index in [4.69, 9.17) is 4.74 Å². The number of hydrogen-bond acceptors (Lipinski definition) is 4. The fourth-order valence-corrected chi connectivity index (χ4v) is 2.47. The van der Waals surface area contributed by atoms with Crippen LogP contribution in [0.25, 0.3) is 0 Å². The lowest BCUT2D eigenvalue weighted by molar-refractivity contribution is -0.162. The molecular formula is C17H20FNO3. The Kier molecular flexibility index (Phi) is 4.35. The number of aryl methyl sites for hydroxylation is 1. The van der Waals surface area contributed by atoms with E-state index in [1.807, 2.05) is 0 Å². The van der Waals surface area contributed by atoms with Gasteiger partial charge in [0.05, 0.1) is 6.04 Å². The lowest BCUT2D eigenvalue weighted by atomic mass is 9.85. The summed E-state index contributed by atoms with van der Waals surface area (Å²) in [4.78, 5) is 24.6. The van der Waals surface area contributed by atoms with Crippen LogP contribution in [0.1, 0.15) is 37.9 Å². The van der Waals surface area contributed by atoms with Gasteiger partial charge in [0.15, 0.2) is 5.78 Å². The van der Waals surface area contributed by atoms with Crippen LogP contribution in [0.4, 0.5) is 4.39 Å². The van der Waals surface area contributed by atoms with Crippen LogP contribution in [0.3, 0.4) is 0 Å². The Morgan fingerprint density at radius 2 is 2.00 bits per heavy atom. The van der Waals surface area contributed by atoms with Gasteiger partial charge in [-0.3, -0.25) is 9.59 Å². The van der Waals surface area contributed by atoms with Crippen LogP contribution in [0.2, 0.25) is 0 Å². The van der Waals surface area contributed by atoms with Crippen LogP contribution in [0, 0.1) is 18.7 Å². The standard InChI is InChI=1S/C17H20FNO3/c1-10-9-11(18)5-6-12(10)15-14(13(20)7-8-19-15)16(21)22-17(2,3)4/h5-9,14-15,19H,1-4H3. The third-order valence-corrected chi connectivity index (χ3v) is 3.39. The Hall–Kier alpha value is -2.17. The van der Waals surface area contributed by atoms with Gasteiger partial charge in [-0.2, -0.15) is 0 Å². The van der Waals surface area contributed by atoms with E-state index in [0.29, 0.717) is 11.1 Å². The van der Waals surface area contributed by atoms with Crippen molar-refractivity contribution in [1.29, 1.82) is 0 Å². The average Bonchev–Trinajstić information content (AvgIpc) is 2.36. The number of allylic oxidation sites excluding steroid dienone is 1. The fourth-order valence-electron chi connectivity index (χ4n) is 2.47. The number of nitrogens with one attached hydrogen (secondary N) is 1. The normalized spacial score (nSPS) is 21.4. The molecule has 2 atom stereocenters. The molecule has 0 bridgehead atoms. The first-order valence-corrected chi connectivity index (χ1v) is 7.14. The van der Waals surface area contributed by atoms with Gasteiger partial charge < -0.3 is 10.1 Å². The minimum Gasteiger partial charge on any atom is -0.459 e. The highest BCUT2D eigenvalue weighted by atomic mass is 19.1.